The highest BCUT2D eigenvalue weighted by Crippen LogP contribution is 2.26. The van der Waals surface area contributed by atoms with Crippen LogP contribution >= 0.6 is 34.8 Å². The summed E-state index contributed by atoms with van der Waals surface area (Å²) >= 11 is 18.3. The Bertz CT molecular complexity index is 761. The summed E-state index contributed by atoms with van der Waals surface area (Å²) in [7, 11) is 0. The van der Waals surface area contributed by atoms with Crippen molar-refractivity contribution < 1.29 is 4.79 Å². The van der Waals surface area contributed by atoms with Gasteiger partial charge in [0.25, 0.3) is 0 Å². The van der Waals surface area contributed by atoms with E-state index in [0.717, 1.165) is 30.2 Å². The van der Waals surface area contributed by atoms with Gasteiger partial charge < -0.3 is 10.2 Å². The Hall–Kier alpha value is -1.46. The Labute approximate surface area is 162 Å². The molecule has 2 aromatic carbocycles. The van der Waals surface area contributed by atoms with Gasteiger partial charge in [-0.2, -0.15) is 0 Å². The summed E-state index contributed by atoms with van der Waals surface area (Å²) in [4.78, 5) is 16.5. The number of carbonyl (C=O) groups excluding carboxylic acids is 1. The van der Waals surface area contributed by atoms with Crippen LogP contribution in [-0.4, -0.2) is 42.0 Å². The molecule has 0 aliphatic carbocycles. The molecule has 1 saturated heterocycles. The van der Waals surface area contributed by atoms with Crippen molar-refractivity contribution in [3.05, 3.63) is 63.1 Å². The van der Waals surface area contributed by atoms with Gasteiger partial charge in [-0.05, 0) is 29.8 Å². The van der Waals surface area contributed by atoms with E-state index in [9.17, 15) is 4.79 Å². The molecule has 132 valence electrons. The molecular weight excluding hydrogens is 381 g/mol. The summed E-state index contributed by atoms with van der Waals surface area (Å²) in [5.41, 5.74) is 1.63. The summed E-state index contributed by atoms with van der Waals surface area (Å²) < 4.78 is 0. The lowest BCUT2D eigenvalue weighted by Crippen LogP contribution is -2.49. The average Bonchev–Trinajstić information content (AvgIpc) is 2.61. The monoisotopic (exact) mass is 397 g/mol. The molecule has 0 saturated carbocycles. The zero-order valence-electron chi connectivity index (χ0n) is 13.5. The average molecular weight is 399 g/mol. The van der Waals surface area contributed by atoms with Crippen molar-refractivity contribution in [3.8, 4) is 0 Å². The van der Waals surface area contributed by atoms with Gasteiger partial charge in [0.2, 0.25) is 0 Å². The molecule has 4 nitrogen and oxygen atoms in total. The first-order valence-electron chi connectivity index (χ1n) is 7.99. The number of anilines is 1. The van der Waals surface area contributed by atoms with E-state index in [1.54, 1.807) is 23.1 Å². The minimum atomic E-state index is -0.165. The van der Waals surface area contributed by atoms with Crippen LogP contribution in [0.5, 0.6) is 0 Å². The molecular formula is C18H18Cl3N3O. The molecule has 2 amide bonds. The lowest BCUT2D eigenvalue weighted by atomic mass is 10.2. The van der Waals surface area contributed by atoms with Gasteiger partial charge in [-0.15, -0.1) is 0 Å². The maximum atomic E-state index is 12.4. The van der Waals surface area contributed by atoms with Crippen LogP contribution in [0.2, 0.25) is 15.1 Å². The van der Waals surface area contributed by atoms with E-state index in [1.807, 2.05) is 24.3 Å². The van der Waals surface area contributed by atoms with Gasteiger partial charge in [-0.1, -0.05) is 53.0 Å². The van der Waals surface area contributed by atoms with Gasteiger partial charge in [0, 0.05) is 42.8 Å². The number of amides is 2. The molecule has 1 fully saturated rings. The summed E-state index contributed by atoms with van der Waals surface area (Å²) in [5.74, 6) is 0. The third-order valence-electron chi connectivity index (χ3n) is 4.18. The Kier molecular flexibility index (Phi) is 6.07. The number of piperazine rings is 1. The number of hydrogen-bond donors (Lipinski definition) is 1. The Morgan fingerprint density at radius 3 is 2.40 bits per heavy atom. The molecule has 1 N–H and O–H groups in total. The van der Waals surface area contributed by atoms with Gasteiger partial charge in [0.1, 0.15) is 0 Å². The fourth-order valence-electron chi connectivity index (χ4n) is 2.76. The van der Waals surface area contributed by atoms with Crippen molar-refractivity contribution in [2.45, 2.75) is 6.54 Å². The largest absolute Gasteiger partial charge is 0.322 e. The molecule has 1 heterocycles. The summed E-state index contributed by atoms with van der Waals surface area (Å²) in [5, 5.41) is 4.60. The number of nitrogens with zero attached hydrogens (tertiary/aromatic N) is 2. The van der Waals surface area contributed by atoms with Gasteiger partial charge in [0.15, 0.2) is 0 Å². The second-order valence-corrected chi connectivity index (χ2v) is 7.16. The maximum Gasteiger partial charge on any atom is 0.321 e. The number of hydrogen-bond acceptors (Lipinski definition) is 2. The van der Waals surface area contributed by atoms with Gasteiger partial charge in [0.05, 0.1) is 10.7 Å². The fraction of sp³-hybridized carbons (Fsp3) is 0.278. The highest BCUT2D eigenvalue weighted by Gasteiger charge is 2.22. The van der Waals surface area contributed by atoms with Crippen LogP contribution in [-0.2, 0) is 6.54 Å². The molecule has 7 heteroatoms. The Morgan fingerprint density at radius 1 is 0.960 bits per heavy atom. The summed E-state index contributed by atoms with van der Waals surface area (Å²) in [6, 6.07) is 12.7. The second kappa shape index (κ2) is 8.28. The number of benzene rings is 2. The fourth-order valence-corrected chi connectivity index (χ4v) is 3.30. The van der Waals surface area contributed by atoms with Gasteiger partial charge >= 0.3 is 6.03 Å². The molecule has 1 aliphatic heterocycles. The van der Waals surface area contributed by atoms with E-state index in [4.69, 9.17) is 34.8 Å². The molecule has 3 rings (SSSR count). The van der Waals surface area contributed by atoms with E-state index in [1.165, 1.54) is 0 Å². The highest BCUT2D eigenvalue weighted by molar-refractivity contribution is 6.35. The van der Waals surface area contributed by atoms with Gasteiger partial charge in [-0.3, -0.25) is 4.90 Å². The second-order valence-electron chi connectivity index (χ2n) is 5.91. The minimum absolute atomic E-state index is 0.165. The molecule has 1 aliphatic rings. The normalized spacial score (nSPS) is 15.2. The SMILES string of the molecule is O=C(Nc1cc(Cl)ccc1Cl)N1CCN(Cc2ccccc2Cl)CC1. The Morgan fingerprint density at radius 2 is 1.68 bits per heavy atom. The predicted octanol–water partition coefficient (Wildman–Crippen LogP) is 5.00. The first-order valence-corrected chi connectivity index (χ1v) is 9.13. The molecule has 2 aromatic rings. The standard InChI is InChI=1S/C18H18Cl3N3O/c19-14-5-6-16(21)17(11-14)22-18(25)24-9-7-23(8-10-24)12-13-3-1-2-4-15(13)20/h1-6,11H,7-10,12H2,(H,22,25). The van der Waals surface area contributed by atoms with Crippen molar-refractivity contribution >= 4 is 46.5 Å². The first-order chi connectivity index (χ1) is 12.0. The maximum absolute atomic E-state index is 12.4. The Balaban J connectivity index is 1.54. The van der Waals surface area contributed by atoms with Crippen molar-refractivity contribution in [3.63, 3.8) is 0 Å². The molecule has 0 spiro atoms. The van der Waals surface area contributed by atoms with Crippen LogP contribution in [0.15, 0.2) is 42.5 Å². The molecule has 0 radical (unpaired) electrons. The smallest absolute Gasteiger partial charge is 0.321 e. The third-order valence-corrected chi connectivity index (χ3v) is 5.11. The zero-order chi connectivity index (χ0) is 17.8. The first kappa shape index (κ1) is 18.3. The number of halogens is 3. The summed E-state index contributed by atoms with van der Waals surface area (Å²) in [6.07, 6.45) is 0. The van der Waals surface area contributed by atoms with E-state index < -0.39 is 0 Å². The van der Waals surface area contributed by atoms with E-state index in [2.05, 4.69) is 10.2 Å². The topological polar surface area (TPSA) is 35.6 Å². The van der Waals surface area contributed by atoms with E-state index in [0.29, 0.717) is 28.8 Å². The molecule has 0 atom stereocenters. The molecule has 0 unspecified atom stereocenters. The minimum Gasteiger partial charge on any atom is -0.322 e. The van der Waals surface area contributed by atoms with Crippen LogP contribution < -0.4 is 5.32 Å². The van der Waals surface area contributed by atoms with Crippen LogP contribution in [0.25, 0.3) is 0 Å². The molecule has 0 bridgehead atoms. The predicted molar refractivity (Wildman–Crippen MR) is 104 cm³/mol. The summed E-state index contributed by atoms with van der Waals surface area (Å²) in [6.45, 7) is 3.67. The third kappa shape index (κ3) is 4.79. The van der Waals surface area contributed by atoms with Crippen molar-refractivity contribution in [1.82, 2.24) is 9.80 Å². The highest BCUT2D eigenvalue weighted by atomic mass is 35.5. The lowest BCUT2D eigenvalue weighted by Gasteiger charge is -2.34. The van der Waals surface area contributed by atoms with Crippen molar-refractivity contribution in [2.75, 3.05) is 31.5 Å². The van der Waals surface area contributed by atoms with Gasteiger partial charge in [-0.25, -0.2) is 4.79 Å². The van der Waals surface area contributed by atoms with Crippen LogP contribution in [0.3, 0.4) is 0 Å². The number of urea groups is 1. The molecule has 25 heavy (non-hydrogen) atoms. The van der Waals surface area contributed by atoms with Crippen molar-refractivity contribution in [1.29, 1.82) is 0 Å². The van der Waals surface area contributed by atoms with Crippen LogP contribution in [0, 0.1) is 0 Å². The number of carbonyl (C=O) groups is 1. The van der Waals surface area contributed by atoms with Crippen LogP contribution in [0.4, 0.5) is 10.5 Å². The van der Waals surface area contributed by atoms with E-state index >= 15 is 0 Å². The zero-order valence-corrected chi connectivity index (χ0v) is 15.8. The van der Waals surface area contributed by atoms with E-state index in [-0.39, 0.29) is 6.03 Å². The lowest BCUT2D eigenvalue weighted by molar-refractivity contribution is 0.143. The van der Waals surface area contributed by atoms with Crippen LogP contribution in [0.1, 0.15) is 5.56 Å². The number of nitrogens with one attached hydrogen (secondary N) is 1. The molecule has 0 aromatic heterocycles. The number of rotatable bonds is 3. The quantitative estimate of drug-likeness (QED) is 0.790. The van der Waals surface area contributed by atoms with Crippen molar-refractivity contribution in [2.24, 2.45) is 0 Å².